The summed E-state index contributed by atoms with van der Waals surface area (Å²) < 4.78 is 27.3. The van der Waals surface area contributed by atoms with Crippen LogP contribution in [0.25, 0.3) is 0 Å². The van der Waals surface area contributed by atoms with Crippen LogP contribution in [0.15, 0.2) is 0 Å². The Morgan fingerprint density at radius 3 is 2.58 bits per heavy atom. The SMILES string of the molecule is O=S(=O)(CCN1CCNCC1)NC1CC2CCC1C2. The monoisotopic (exact) mass is 287 g/mol. The molecule has 2 bridgehead atoms. The average Bonchev–Trinajstić information content (AvgIpc) is 2.99. The fraction of sp³-hybridized carbons (Fsp3) is 1.00. The Morgan fingerprint density at radius 2 is 1.95 bits per heavy atom. The van der Waals surface area contributed by atoms with E-state index in [0.29, 0.717) is 12.5 Å². The lowest BCUT2D eigenvalue weighted by atomic mass is 9.96. The minimum absolute atomic E-state index is 0.228. The molecule has 110 valence electrons. The van der Waals surface area contributed by atoms with Crippen LogP contribution in [0.3, 0.4) is 0 Å². The van der Waals surface area contributed by atoms with Crippen LogP contribution in [0.1, 0.15) is 25.7 Å². The van der Waals surface area contributed by atoms with Crippen LogP contribution < -0.4 is 10.0 Å². The molecule has 0 aromatic carbocycles. The molecule has 3 unspecified atom stereocenters. The summed E-state index contributed by atoms with van der Waals surface area (Å²) >= 11 is 0. The van der Waals surface area contributed by atoms with E-state index in [4.69, 9.17) is 0 Å². The third-order valence-corrected chi connectivity index (χ3v) is 6.34. The van der Waals surface area contributed by atoms with E-state index in [1.165, 1.54) is 19.3 Å². The first-order valence-corrected chi connectivity index (χ1v) is 9.21. The van der Waals surface area contributed by atoms with Gasteiger partial charge in [-0.1, -0.05) is 6.42 Å². The molecule has 0 radical (unpaired) electrons. The van der Waals surface area contributed by atoms with E-state index >= 15 is 0 Å². The van der Waals surface area contributed by atoms with Gasteiger partial charge in [0.05, 0.1) is 5.75 Å². The highest BCUT2D eigenvalue weighted by molar-refractivity contribution is 7.89. The van der Waals surface area contributed by atoms with E-state index < -0.39 is 10.0 Å². The zero-order valence-corrected chi connectivity index (χ0v) is 12.3. The number of sulfonamides is 1. The number of fused-ring (bicyclic) bond motifs is 2. The van der Waals surface area contributed by atoms with Gasteiger partial charge in [0, 0.05) is 38.8 Å². The fourth-order valence-electron chi connectivity index (χ4n) is 3.86. The van der Waals surface area contributed by atoms with Crippen LogP contribution in [-0.4, -0.2) is 57.8 Å². The highest BCUT2D eigenvalue weighted by Gasteiger charge is 2.41. The van der Waals surface area contributed by atoms with Crippen LogP contribution in [0, 0.1) is 11.8 Å². The third-order valence-electron chi connectivity index (χ3n) is 4.95. The second kappa shape index (κ2) is 5.68. The van der Waals surface area contributed by atoms with Crippen LogP contribution >= 0.6 is 0 Å². The highest BCUT2D eigenvalue weighted by Crippen LogP contribution is 2.44. The summed E-state index contributed by atoms with van der Waals surface area (Å²) in [7, 11) is -3.10. The normalized spacial score (nSPS) is 35.9. The molecule has 3 aliphatic rings. The quantitative estimate of drug-likeness (QED) is 0.747. The molecule has 0 aromatic heterocycles. The van der Waals surface area contributed by atoms with Crippen LogP contribution in [-0.2, 0) is 10.0 Å². The maximum atomic E-state index is 12.2. The van der Waals surface area contributed by atoms with Gasteiger partial charge in [-0.15, -0.1) is 0 Å². The molecule has 2 saturated carbocycles. The molecule has 19 heavy (non-hydrogen) atoms. The molecule has 5 nitrogen and oxygen atoms in total. The van der Waals surface area contributed by atoms with Gasteiger partial charge in [-0.05, 0) is 31.1 Å². The average molecular weight is 287 g/mol. The number of piperazine rings is 1. The van der Waals surface area contributed by atoms with E-state index in [-0.39, 0.29) is 11.8 Å². The zero-order valence-electron chi connectivity index (χ0n) is 11.5. The molecular weight excluding hydrogens is 262 g/mol. The Labute approximate surface area is 116 Å². The van der Waals surface area contributed by atoms with Crippen molar-refractivity contribution in [3.8, 4) is 0 Å². The van der Waals surface area contributed by atoms with E-state index in [0.717, 1.165) is 38.5 Å². The van der Waals surface area contributed by atoms with Crippen molar-refractivity contribution in [3.05, 3.63) is 0 Å². The lowest BCUT2D eigenvalue weighted by Crippen LogP contribution is -2.47. The minimum atomic E-state index is -3.10. The molecule has 0 aromatic rings. The van der Waals surface area contributed by atoms with Crippen molar-refractivity contribution < 1.29 is 8.42 Å². The van der Waals surface area contributed by atoms with Crippen molar-refractivity contribution in [3.63, 3.8) is 0 Å². The van der Waals surface area contributed by atoms with E-state index in [9.17, 15) is 8.42 Å². The fourth-order valence-corrected chi connectivity index (χ4v) is 5.23. The van der Waals surface area contributed by atoms with Crippen molar-refractivity contribution in [2.45, 2.75) is 31.7 Å². The Balaban J connectivity index is 1.46. The molecule has 2 aliphatic carbocycles. The van der Waals surface area contributed by atoms with Gasteiger partial charge in [0.2, 0.25) is 10.0 Å². The molecule has 0 spiro atoms. The lowest BCUT2D eigenvalue weighted by Gasteiger charge is -2.28. The molecule has 3 fully saturated rings. The van der Waals surface area contributed by atoms with Crippen LogP contribution in [0.2, 0.25) is 0 Å². The summed E-state index contributed by atoms with van der Waals surface area (Å²) in [5, 5.41) is 3.28. The van der Waals surface area contributed by atoms with E-state index in [2.05, 4.69) is 14.9 Å². The van der Waals surface area contributed by atoms with Gasteiger partial charge in [-0.25, -0.2) is 13.1 Å². The van der Waals surface area contributed by atoms with Crippen LogP contribution in [0.4, 0.5) is 0 Å². The first-order valence-electron chi connectivity index (χ1n) is 7.55. The first kappa shape index (κ1) is 13.8. The predicted octanol–water partition coefficient (Wildman–Crippen LogP) is -0.000400. The highest BCUT2D eigenvalue weighted by atomic mass is 32.2. The van der Waals surface area contributed by atoms with Crippen LogP contribution in [0.5, 0.6) is 0 Å². The largest absolute Gasteiger partial charge is 0.314 e. The Morgan fingerprint density at radius 1 is 1.16 bits per heavy atom. The molecule has 3 rings (SSSR count). The van der Waals surface area contributed by atoms with Crippen molar-refractivity contribution in [1.29, 1.82) is 0 Å². The van der Waals surface area contributed by atoms with Crippen molar-refractivity contribution in [2.75, 3.05) is 38.5 Å². The van der Waals surface area contributed by atoms with Crippen molar-refractivity contribution in [2.24, 2.45) is 11.8 Å². The Kier molecular flexibility index (Phi) is 4.12. The standard InChI is InChI=1S/C13H25N3O2S/c17-19(18,8-7-16-5-3-14-4-6-16)15-13-10-11-1-2-12(13)9-11/h11-15H,1-10H2. The summed E-state index contributed by atoms with van der Waals surface area (Å²) in [6.45, 7) is 4.53. The second-order valence-electron chi connectivity index (χ2n) is 6.31. The van der Waals surface area contributed by atoms with Gasteiger partial charge in [-0.3, -0.25) is 4.90 Å². The lowest BCUT2D eigenvalue weighted by molar-refractivity contribution is 0.253. The smallest absolute Gasteiger partial charge is 0.213 e. The Bertz CT molecular complexity index is 406. The third kappa shape index (κ3) is 3.48. The number of nitrogens with one attached hydrogen (secondary N) is 2. The molecule has 3 atom stereocenters. The Hall–Kier alpha value is -0.170. The molecule has 1 saturated heterocycles. The second-order valence-corrected chi connectivity index (χ2v) is 8.18. The molecule has 1 heterocycles. The van der Waals surface area contributed by atoms with Gasteiger partial charge < -0.3 is 5.32 Å². The van der Waals surface area contributed by atoms with Gasteiger partial charge in [0.1, 0.15) is 0 Å². The molecular formula is C13H25N3O2S. The molecule has 2 N–H and O–H groups in total. The van der Waals surface area contributed by atoms with Crippen molar-refractivity contribution in [1.82, 2.24) is 14.9 Å². The van der Waals surface area contributed by atoms with E-state index in [1.54, 1.807) is 0 Å². The number of nitrogens with zero attached hydrogens (tertiary/aromatic N) is 1. The first-order chi connectivity index (χ1) is 9.12. The molecule has 6 heteroatoms. The van der Waals surface area contributed by atoms with Crippen molar-refractivity contribution >= 4 is 10.0 Å². The van der Waals surface area contributed by atoms with Gasteiger partial charge in [0.25, 0.3) is 0 Å². The molecule has 1 aliphatic heterocycles. The summed E-state index contributed by atoms with van der Waals surface area (Å²) in [6, 6.07) is 0.228. The maximum Gasteiger partial charge on any atom is 0.213 e. The van der Waals surface area contributed by atoms with Gasteiger partial charge in [-0.2, -0.15) is 0 Å². The summed E-state index contributed by atoms with van der Waals surface area (Å²) in [5.74, 6) is 1.64. The number of rotatable bonds is 5. The topological polar surface area (TPSA) is 61.4 Å². The predicted molar refractivity (Wildman–Crippen MR) is 75.5 cm³/mol. The zero-order chi connectivity index (χ0) is 13.3. The number of hydrogen-bond acceptors (Lipinski definition) is 4. The van der Waals surface area contributed by atoms with Gasteiger partial charge >= 0.3 is 0 Å². The molecule has 0 amide bonds. The minimum Gasteiger partial charge on any atom is -0.314 e. The maximum absolute atomic E-state index is 12.2. The summed E-state index contributed by atoms with van der Waals surface area (Å²) in [6.07, 6.45) is 4.84. The number of hydrogen-bond donors (Lipinski definition) is 2. The summed E-state index contributed by atoms with van der Waals surface area (Å²) in [4.78, 5) is 2.23. The van der Waals surface area contributed by atoms with E-state index in [1.807, 2.05) is 0 Å². The summed E-state index contributed by atoms with van der Waals surface area (Å²) in [5.41, 5.74) is 0. The van der Waals surface area contributed by atoms with Gasteiger partial charge in [0.15, 0.2) is 0 Å².